The lowest BCUT2D eigenvalue weighted by Crippen LogP contribution is -2.35. The van der Waals surface area contributed by atoms with Gasteiger partial charge in [-0.25, -0.2) is 13.2 Å². The van der Waals surface area contributed by atoms with Crippen LogP contribution in [0.4, 0.5) is 0 Å². The first-order valence-corrected chi connectivity index (χ1v) is 10.3. The smallest absolute Gasteiger partial charge is 0.343 e. The van der Waals surface area contributed by atoms with Gasteiger partial charge in [0, 0.05) is 13.1 Å². The number of hydrogen-bond donors (Lipinski definition) is 0. The third-order valence-electron chi connectivity index (χ3n) is 4.33. The summed E-state index contributed by atoms with van der Waals surface area (Å²) in [5, 5.41) is 0.0995. The van der Waals surface area contributed by atoms with Gasteiger partial charge in [0.05, 0.1) is 10.6 Å². The summed E-state index contributed by atoms with van der Waals surface area (Å²) in [6.07, 6.45) is 2.67. The molecule has 2 aromatic rings. The molecule has 1 aliphatic heterocycles. The SMILES string of the molecule is Cc1ccc(OC(=O)c2ccc(Cl)c(S(=O)(=O)N3CCCCC3)c2)cc1. The second-order valence-electron chi connectivity index (χ2n) is 6.31. The highest BCUT2D eigenvalue weighted by Gasteiger charge is 2.29. The van der Waals surface area contributed by atoms with Crippen molar-refractivity contribution in [3.8, 4) is 5.75 Å². The Morgan fingerprint density at radius 1 is 1.04 bits per heavy atom. The molecular weight excluding hydrogens is 374 g/mol. The Morgan fingerprint density at radius 2 is 1.69 bits per heavy atom. The standard InChI is InChI=1S/C19H20ClNO4S/c1-14-5-8-16(9-6-14)25-19(22)15-7-10-17(20)18(13-15)26(23,24)21-11-3-2-4-12-21/h5-10,13H,2-4,11-12H2,1H3. The molecule has 0 atom stereocenters. The predicted molar refractivity (Wildman–Crippen MR) is 100 cm³/mol. The lowest BCUT2D eigenvalue weighted by atomic mass is 10.2. The summed E-state index contributed by atoms with van der Waals surface area (Å²) in [6, 6.07) is 11.2. The van der Waals surface area contributed by atoms with Crippen LogP contribution in [0.25, 0.3) is 0 Å². The third kappa shape index (κ3) is 4.09. The van der Waals surface area contributed by atoms with E-state index in [1.807, 2.05) is 19.1 Å². The average molecular weight is 394 g/mol. The number of hydrogen-bond acceptors (Lipinski definition) is 4. The first-order chi connectivity index (χ1) is 12.4. The maximum atomic E-state index is 12.9. The number of ether oxygens (including phenoxy) is 1. The van der Waals surface area contributed by atoms with Crippen molar-refractivity contribution in [1.29, 1.82) is 0 Å². The summed E-state index contributed by atoms with van der Waals surface area (Å²) < 4.78 is 32.5. The Balaban J connectivity index is 1.87. The van der Waals surface area contributed by atoms with Crippen LogP contribution >= 0.6 is 11.6 Å². The zero-order chi connectivity index (χ0) is 18.7. The first-order valence-electron chi connectivity index (χ1n) is 8.46. The molecule has 0 amide bonds. The van der Waals surface area contributed by atoms with E-state index < -0.39 is 16.0 Å². The fourth-order valence-electron chi connectivity index (χ4n) is 2.84. The van der Waals surface area contributed by atoms with Crippen molar-refractivity contribution in [2.24, 2.45) is 0 Å². The van der Waals surface area contributed by atoms with E-state index >= 15 is 0 Å². The molecule has 2 aromatic carbocycles. The van der Waals surface area contributed by atoms with E-state index in [0.29, 0.717) is 18.8 Å². The lowest BCUT2D eigenvalue weighted by molar-refractivity contribution is 0.0734. The summed E-state index contributed by atoms with van der Waals surface area (Å²) in [4.78, 5) is 12.3. The van der Waals surface area contributed by atoms with Crippen LogP contribution in [-0.4, -0.2) is 31.8 Å². The van der Waals surface area contributed by atoms with E-state index in [-0.39, 0.29) is 15.5 Å². The van der Waals surface area contributed by atoms with E-state index in [1.165, 1.54) is 22.5 Å². The van der Waals surface area contributed by atoms with Crippen molar-refractivity contribution < 1.29 is 17.9 Å². The van der Waals surface area contributed by atoms with Crippen molar-refractivity contribution in [3.05, 3.63) is 58.6 Å². The van der Waals surface area contributed by atoms with Crippen LogP contribution in [0.2, 0.25) is 5.02 Å². The summed E-state index contributed by atoms with van der Waals surface area (Å²) in [7, 11) is -3.73. The van der Waals surface area contributed by atoms with Crippen LogP contribution < -0.4 is 4.74 Å². The van der Waals surface area contributed by atoms with Gasteiger partial charge < -0.3 is 4.74 Å². The summed E-state index contributed by atoms with van der Waals surface area (Å²) >= 11 is 6.12. The van der Waals surface area contributed by atoms with Gasteiger partial charge >= 0.3 is 5.97 Å². The van der Waals surface area contributed by atoms with Gasteiger partial charge in [-0.15, -0.1) is 0 Å². The third-order valence-corrected chi connectivity index (χ3v) is 6.71. The van der Waals surface area contributed by atoms with Crippen molar-refractivity contribution >= 4 is 27.6 Å². The van der Waals surface area contributed by atoms with Crippen molar-refractivity contribution in [1.82, 2.24) is 4.31 Å². The normalized spacial score (nSPS) is 15.6. The van der Waals surface area contributed by atoms with Crippen LogP contribution in [0.3, 0.4) is 0 Å². The van der Waals surface area contributed by atoms with Crippen LogP contribution in [-0.2, 0) is 10.0 Å². The number of aryl methyl sites for hydroxylation is 1. The molecule has 138 valence electrons. The molecule has 0 bridgehead atoms. The summed E-state index contributed by atoms with van der Waals surface area (Å²) in [5.41, 5.74) is 1.19. The minimum Gasteiger partial charge on any atom is -0.423 e. The lowest BCUT2D eigenvalue weighted by Gasteiger charge is -2.26. The van der Waals surface area contributed by atoms with Gasteiger partial charge in [-0.3, -0.25) is 0 Å². The monoisotopic (exact) mass is 393 g/mol. The number of halogens is 1. The largest absolute Gasteiger partial charge is 0.423 e. The molecule has 1 heterocycles. The molecule has 0 aromatic heterocycles. The van der Waals surface area contributed by atoms with Crippen LogP contribution in [0, 0.1) is 6.92 Å². The van der Waals surface area contributed by atoms with E-state index in [4.69, 9.17) is 16.3 Å². The zero-order valence-electron chi connectivity index (χ0n) is 14.4. The molecule has 0 unspecified atom stereocenters. The Kier molecular flexibility index (Phi) is 5.65. The van der Waals surface area contributed by atoms with Gasteiger partial charge in [-0.05, 0) is 50.1 Å². The molecule has 1 fully saturated rings. The molecular formula is C19H20ClNO4S. The van der Waals surface area contributed by atoms with Crippen LogP contribution in [0.15, 0.2) is 47.4 Å². The quantitative estimate of drug-likeness (QED) is 0.580. The molecule has 0 spiro atoms. The molecule has 0 radical (unpaired) electrons. The number of carbonyl (C=O) groups is 1. The van der Waals surface area contributed by atoms with Crippen LogP contribution in [0.5, 0.6) is 5.75 Å². The van der Waals surface area contributed by atoms with Gasteiger partial charge in [0.2, 0.25) is 10.0 Å². The molecule has 5 nitrogen and oxygen atoms in total. The minimum absolute atomic E-state index is 0.0561. The van der Waals surface area contributed by atoms with E-state index in [1.54, 1.807) is 12.1 Å². The van der Waals surface area contributed by atoms with E-state index in [0.717, 1.165) is 24.8 Å². The number of piperidine rings is 1. The molecule has 0 N–H and O–H groups in total. The highest BCUT2D eigenvalue weighted by molar-refractivity contribution is 7.89. The molecule has 7 heteroatoms. The van der Waals surface area contributed by atoms with Crippen molar-refractivity contribution in [3.63, 3.8) is 0 Å². The van der Waals surface area contributed by atoms with Crippen LogP contribution in [0.1, 0.15) is 35.2 Å². The van der Waals surface area contributed by atoms with Crippen molar-refractivity contribution in [2.45, 2.75) is 31.1 Å². The summed E-state index contributed by atoms with van der Waals surface area (Å²) in [5.74, 6) is -0.225. The Morgan fingerprint density at radius 3 is 2.35 bits per heavy atom. The number of sulfonamides is 1. The number of carbonyl (C=O) groups excluding carboxylic acids is 1. The highest BCUT2D eigenvalue weighted by Crippen LogP contribution is 2.28. The van der Waals surface area contributed by atoms with Gasteiger partial charge in [0.15, 0.2) is 0 Å². The first kappa shape index (κ1) is 18.9. The Bertz CT molecular complexity index is 904. The number of rotatable bonds is 4. The van der Waals surface area contributed by atoms with Gasteiger partial charge in [-0.2, -0.15) is 4.31 Å². The molecule has 3 rings (SSSR count). The maximum absolute atomic E-state index is 12.9. The van der Waals surface area contributed by atoms with Gasteiger partial charge in [-0.1, -0.05) is 35.7 Å². The van der Waals surface area contributed by atoms with Gasteiger partial charge in [0.1, 0.15) is 10.6 Å². The predicted octanol–water partition coefficient (Wildman–Crippen LogP) is 4.04. The molecule has 0 saturated carbocycles. The topological polar surface area (TPSA) is 63.7 Å². The average Bonchev–Trinajstić information content (AvgIpc) is 2.64. The fraction of sp³-hybridized carbons (Fsp3) is 0.316. The molecule has 0 aliphatic carbocycles. The Hall–Kier alpha value is -1.89. The number of esters is 1. The molecule has 1 aliphatic rings. The zero-order valence-corrected chi connectivity index (χ0v) is 16.0. The minimum atomic E-state index is -3.73. The van der Waals surface area contributed by atoms with Crippen molar-refractivity contribution in [2.75, 3.05) is 13.1 Å². The second-order valence-corrected chi connectivity index (χ2v) is 8.63. The fourth-order valence-corrected chi connectivity index (χ4v) is 4.86. The highest BCUT2D eigenvalue weighted by atomic mass is 35.5. The number of nitrogens with zero attached hydrogens (tertiary/aromatic N) is 1. The Labute approximate surface area is 158 Å². The van der Waals surface area contributed by atoms with E-state index in [2.05, 4.69) is 0 Å². The maximum Gasteiger partial charge on any atom is 0.343 e. The second kappa shape index (κ2) is 7.78. The molecule has 1 saturated heterocycles. The molecule has 26 heavy (non-hydrogen) atoms. The number of benzene rings is 2. The van der Waals surface area contributed by atoms with E-state index in [9.17, 15) is 13.2 Å². The van der Waals surface area contributed by atoms with Gasteiger partial charge in [0.25, 0.3) is 0 Å². The summed E-state index contributed by atoms with van der Waals surface area (Å²) in [6.45, 7) is 2.87.